The summed E-state index contributed by atoms with van der Waals surface area (Å²) in [4.78, 5) is 11.4. The van der Waals surface area contributed by atoms with Gasteiger partial charge in [-0.1, -0.05) is 48.7 Å². The van der Waals surface area contributed by atoms with Gasteiger partial charge in [0, 0.05) is 17.9 Å². The Labute approximate surface area is 123 Å². The van der Waals surface area contributed by atoms with E-state index in [0.717, 1.165) is 18.4 Å². The molecule has 1 aromatic rings. The number of benzene rings is 1. The van der Waals surface area contributed by atoms with Gasteiger partial charge in [0.25, 0.3) is 0 Å². The molecule has 1 aromatic carbocycles. The summed E-state index contributed by atoms with van der Waals surface area (Å²) in [5.41, 5.74) is 0.872. The number of halogens is 3. The van der Waals surface area contributed by atoms with Gasteiger partial charge in [0.1, 0.15) is 5.78 Å². The van der Waals surface area contributed by atoms with Gasteiger partial charge in [-0.3, -0.25) is 4.79 Å². The first-order chi connectivity index (χ1) is 8.51. The fourth-order valence-electron chi connectivity index (χ4n) is 1.98. The smallest absolute Gasteiger partial charge is 0.132 e. The highest BCUT2D eigenvalue weighted by Gasteiger charge is 2.19. The lowest BCUT2D eigenvalue weighted by Gasteiger charge is -2.18. The van der Waals surface area contributed by atoms with Crippen molar-refractivity contribution in [1.29, 1.82) is 0 Å². The Bertz CT molecular complexity index is 429. The zero-order chi connectivity index (χ0) is 13.7. The Balaban J connectivity index is 2.95. The van der Waals surface area contributed by atoms with Crippen LogP contribution in [-0.4, -0.2) is 5.78 Å². The Morgan fingerprint density at radius 2 is 1.78 bits per heavy atom. The highest BCUT2D eigenvalue weighted by molar-refractivity contribution is 6.44. The molecule has 0 radical (unpaired) electrons. The number of Topliss-reactive ketones (excluding diaryl/α,β-unsaturated/α-hetero) is 1. The average Bonchev–Trinajstić information content (AvgIpc) is 2.37. The third-order valence-corrected chi connectivity index (χ3v) is 4.29. The predicted octanol–water partition coefficient (Wildman–Crippen LogP) is 5.90. The van der Waals surface area contributed by atoms with Gasteiger partial charge in [-0.15, -0.1) is 0 Å². The van der Waals surface area contributed by atoms with Crippen molar-refractivity contribution in [3.63, 3.8) is 0 Å². The van der Waals surface area contributed by atoms with E-state index in [1.54, 1.807) is 12.1 Å². The molecule has 0 saturated heterocycles. The van der Waals surface area contributed by atoms with E-state index in [0.29, 0.717) is 27.9 Å². The standard InChI is InChI=1S/C14H17Cl3O/c1-3-9(5-6-10(18)4-2)13-11(15)7-8-12(16)14(13)17/h7-9H,3-6H2,1-2H3. The largest absolute Gasteiger partial charge is 0.300 e. The maximum Gasteiger partial charge on any atom is 0.132 e. The molecule has 0 saturated carbocycles. The van der Waals surface area contributed by atoms with Crippen molar-refractivity contribution in [2.75, 3.05) is 0 Å². The number of rotatable bonds is 6. The van der Waals surface area contributed by atoms with Crippen LogP contribution in [-0.2, 0) is 4.79 Å². The molecule has 0 aliphatic carbocycles. The van der Waals surface area contributed by atoms with Crippen LogP contribution in [0.5, 0.6) is 0 Å². The lowest BCUT2D eigenvalue weighted by atomic mass is 9.90. The third-order valence-electron chi connectivity index (χ3n) is 3.15. The Kier molecular flexibility index (Phi) is 6.48. The molecule has 0 fully saturated rings. The molecule has 100 valence electrons. The molecule has 0 aliphatic rings. The Hall–Kier alpha value is -0.240. The van der Waals surface area contributed by atoms with Crippen molar-refractivity contribution in [1.82, 2.24) is 0 Å². The van der Waals surface area contributed by atoms with Gasteiger partial charge in [0.15, 0.2) is 0 Å². The Morgan fingerprint density at radius 1 is 1.17 bits per heavy atom. The van der Waals surface area contributed by atoms with Crippen molar-refractivity contribution in [2.24, 2.45) is 0 Å². The summed E-state index contributed by atoms with van der Waals surface area (Å²) in [7, 11) is 0. The number of carbonyl (C=O) groups excluding carboxylic acids is 1. The zero-order valence-corrected chi connectivity index (χ0v) is 12.9. The molecule has 0 bridgehead atoms. The van der Waals surface area contributed by atoms with Crippen LogP contribution >= 0.6 is 34.8 Å². The van der Waals surface area contributed by atoms with Gasteiger partial charge in [0.2, 0.25) is 0 Å². The summed E-state index contributed by atoms with van der Waals surface area (Å²) in [6, 6.07) is 3.45. The highest BCUT2D eigenvalue weighted by Crippen LogP contribution is 2.39. The summed E-state index contributed by atoms with van der Waals surface area (Å²) < 4.78 is 0. The second kappa shape index (κ2) is 7.37. The van der Waals surface area contributed by atoms with E-state index in [9.17, 15) is 4.79 Å². The van der Waals surface area contributed by atoms with Crippen molar-refractivity contribution in [3.05, 3.63) is 32.8 Å². The number of ketones is 1. The van der Waals surface area contributed by atoms with Crippen LogP contribution in [0.3, 0.4) is 0 Å². The van der Waals surface area contributed by atoms with E-state index >= 15 is 0 Å². The van der Waals surface area contributed by atoms with Crippen LogP contribution in [0, 0.1) is 0 Å². The Morgan fingerprint density at radius 3 is 2.33 bits per heavy atom. The first-order valence-electron chi connectivity index (χ1n) is 6.16. The summed E-state index contributed by atoms with van der Waals surface area (Å²) >= 11 is 18.4. The minimum atomic E-state index is 0.180. The topological polar surface area (TPSA) is 17.1 Å². The number of carbonyl (C=O) groups is 1. The van der Waals surface area contributed by atoms with Crippen LogP contribution in [0.25, 0.3) is 0 Å². The third kappa shape index (κ3) is 3.88. The molecule has 1 atom stereocenters. The van der Waals surface area contributed by atoms with Gasteiger partial charge in [-0.05, 0) is 36.5 Å². The molecule has 0 spiro atoms. The van der Waals surface area contributed by atoms with E-state index < -0.39 is 0 Å². The lowest BCUT2D eigenvalue weighted by molar-refractivity contribution is -0.118. The number of hydrogen-bond donors (Lipinski definition) is 0. The maximum absolute atomic E-state index is 11.4. The second-order valence-electron chi connectivity index (χ2n) is 4.29. The quantitative estimate of drug-likeness (QED) is 0.598. The predicted molar refractivity (Wildman–Crippen MR) is 79.0 cm³/mol. The molecule has 0 aliphatic heterocycles. The molecule has 1 rings (SSSR count). The molecule has 1 nitrogen and oxygen atoms in total. The normalized spacial score (nSPS) is 12.5. The summed E-state index contributed by atoms with van der Waals surface area (Å²) in [5, 5.41) is 1.65. The van der Waals surface area contributed by atoms with Crippen LogP contribution in [0.1, 0.15) is 51.0 Å². The minimum absolute atomic E-state index is 0.180. The SMILES string of the molecule is CCC(=O)CCC(CC)c1c(Cl)ccc(Cl)c1Cl. The zero-order valence-electron chi connectivity index (χ0n) is 10.6. The lowest BCUT2D eigenvalue weighted by Crippen LogP contribution is -2.04. The fraction of sp³-hybridized carbons (Fsp3) is 0.500. The van der Waals surface area contributed by atoms with E-state index in [-0.39, 0.29) is 11.7 Å². The maximum atomic E-state index is 11.4. The average molecular weight is 308 g/mol. The number of hydrogen-bond acceptors (Lipinski definition) is 1. The summed E-state index contributed by atoms with van der Waals surface area (Å²) in [6.07, 6.45) is 2.79. The van der Waals surface area contributed by atoms with Gasteiger partial charge >= 0.3 is 0 Å². The second-order valence-corrected chi connectivity index (χ2v) is 5.49. The molecule has 0 amide bonds. The van der Waals surface area contributed by atoms with E-state index in [1.165, 1.54) is 0 Å². The molecule has 0 heterocycles. The van der Waals surface area contributed by atoms with Gasteiger partial charge in [-0.25, -0.2) is 0 Å². The van der Waals surface area contributed by atoms with Gasteiger partial charge in [0.05, 0.1) is 10.0 Å². The molecular weight excluding hydrogens is 291 g/mol. The van der Waals surface area contributed by atoms with E-state index in [4.69, 9.17) is 34.8 Å². The summed E-state index contributed by atoms with van der Waals surface area (Å²) in [5.74, 6) is 0.446. The van der Waals surface area contributed by atoms with Crippen LogP contribution < -0.4 is 0 Å². The highest BCUT2D eigenvalue weighted by atomic mass is 35.5. The van der Waals surface area contributed by atoms with E-state index in [1.807, 2.05) is 6.92 Å². The van der Waals surface area contributed by atoms with Crippen molar-refractivity contribution >= 4 is 40.6 Å². The van der Waals surface area contributed by atoms with Crippen molar-refractivity contribution < 1.29 is 4.79 Å². The van der Waals surface area contributed by atoms with Crippen LogP contribution in [0.15, 0.2) is 12.1 Å². The van der Waals surface area contributed by atoms with Gasteiger partial charge < -0.3 is 0 Å². The molecule has 0 N–H and O–H groups in total. The molecule has 1 unspecified atom stereocenters. The van der Waals surface area contributed by atoms with Crippen molar-refractivity contribution in [3.8, 4) is 0 Å². The van der Waals surface area contributed by atoms with Crippen LogP contribution in [0.2, 0.25) is 15.1 Å². The van der Waals surface area contributed by atoms with Crippen molar-refractivity contribution in [2.45, 2.75) is 45.4 Å². The first-order valence-corrected chi connectivity index (χ1v) is 7.29. The molecule has 0 aromatic heterocycles. The molecule has 4 heteroatoms. The monoisotopic (exact) mass is 306 g/mol. The van der Waals surface area contributed by atoms with Crippen LogP contribution in [0.4, 0.5) is 0 Å². The fourth-order valence-corrected chi connectivity index (χ4v) is 2.83. The molecule has 18 heavy (non-hydrogen) atoms. The molecular formula is C14H17Cl3O. The summed E-state index contributed by atoms with van der Waals surface area (Å²) in [6.45, 7) is 3.94. The van der Waals surface area contributed by atoms with Gasteiger partial charge in [-0.2, -0.15) is 0 Å². The first kappa shape index (κ1) is 15.8. The minimum Gasteiger partial charge on any atom is -0.300 e. The van der Waals surface area contributed by atoms with E-state index in [2.05, 4.69) is 6.92 Å².